The van der Waals surface area contributed by atoms with Crippen molar-refractivity contribution < 1.29 is 19.6 Å². The number of hydrogen-bond donors (Lipinski definition) is 1. The quantitative estimate of drug-likeness (QED) is 0.358. The second-order valence-electron chi connectivity index (χ2n) is 8.03. The summed E-state index contributed by atoms with van der Waals surface area (Å²) >= 11 is 0. The Morgan fingerprint density at radius 2 is 1.82 bits per heavy atom. The van der Waals surface area contributed by atoms with Crippen LogP contribution < -0.4 is 15.0 Å². The van der Waals surface area contributed by atoms with Gasteiger partial charge in [0.2, 0.25) is 0 Å². The van der Waals surface area contributed by atoms with E-state index in [-0.39, 0.29) is 11.5 Å². The molecule has 1 saturated heterocycles. The molecule has 11 nitrogen and oxygen atoms in total. The van der Waals surface area contributed by atoms with Crippen LogP contribution in [-0.4, -0.2) is 62.1 Å². The average Bonchev–Trinajstić information content (AvgIpc) is 3.17. The van der Waals surface area contributed by atoms with E-state index in [1.54, 1.807) is 18.2 Å². The zero-order valence-electron chi connectivity index (χ0n) is 17.9. The van der Waals surface area contributed by atoms with Gasteiger partial charge in [-0.3, -0.25) is 9.89 Å². The standard InChI is InChI=1S/C22H24N6O5/c29-27-21(23-17-8-10-25(11-9-17)15-16-4-2-1-3-5-16)22(28(30)31)24-26(27)18-6-7-19-20(14-18)33-13-12-32-19/h1-7,14,17,29H,8-13,15H2. The van der Waals surface area contributed by atoms with Crippen LogP contribution in [0.3, 0.4) is 0 Å². The Morgan fingerprint density at radius 1 is 1.09 bits per heavy atom. The predicted octanol–water partition coefficient (Wildman–Crippen LogP) is 2.16. The third kappa shape index (κ3) is 4.40. The molecule has 2 aliphatic rings. The summed E-state index contributed by atoms with van der Waals surface area (Å²) in [7, 11) is 0. The van der Waals surface area contributed by atoms with Gasteiger partial charge in [0, 0.05) is 25.7 Å². The predicted molar refractivity (Wildman–Crippen MR) is 117 cm³/mol. The van der Waals surface area contributed by atoms with Gasteiger partial charge >= 0.3 is 5.82 Å². The molecule has 1 fully saturated rings. The lowest BCUT2D eigenvalue weighted by molar-refractivity contribution is -0.391. The van der Waals surface area contributed by atoms with Crippen molar-refractivity contribution in [2.75, 3.05) is 26.3 Å². The van der Waals surface area contributed by atoms with Gasteiger partial charge in [0.1, 0.15) is 18.9 Å². The summed E-state index contributed by atoms with van der Waals surface area (Å²) in [4.78, 5) is 19.5. The largest absolute Gasteiger partial charge is 0.486 e. The highest BCUT2D eigenvalue weighted by molar-refractivity contribution is 5.49. The topological polar surface area (TPSA) is 120 Å². The van der Waals surface area contributed by atoms with Crippen molar-refractivity contribution >= 4 is 5.82 Å². The van der Waals surface area contributed by atoms with Crippen LogP contribution in [0.15, 0.2) is 53.5 Å². The van der Waals surface area contributed by atoms with Crippen molar-refractivity contribution in [3.05, 3.63) is 69.7 Å². The van der Waals surface area contributed by atoms with Gasteiger partial charge in [0.25, 0.3) is 5.49 Å². The lowest BCUT2D eigenvalue weighted by Crippen LogP contribution is -2.36. The Labute approximate surface area is 189 Å². The molecule has 0 bridgehead atoms. The van der Waals surface area contributed by atoms with Gasteiger partial charge < -0.3 is 24.8 Å². The van der Waals surface area contributed by atoms with E-state index in [0.717, 1.165) is 37.3 Å². The molecular weight excluding hydrogens is 428 g/mol. The van der Waals surface area contributed by atoms with Crippen molar-refractivity contribution in [2.45, 2.75) is 25.4 Å². The molecule has 33 heavy (non-hydrogen) atoms. The van der Waals surface area contributed by atoms with Crippen LogP contribution in [0, 0.1) is 10.1 Å². The molecule has 3 aromatic rings. The molecule has 0 unspecified atom stereocenters. The lowest BCUT2D eigenvalue weighted by Gasteiger charge is -2.29. The zero-order chi connectivity index (χ0) is 22.8. The van der Waals surface area contributed by atoms with Crippen LogP contribution >= 0.6 is 0 Å². The van der Waals surface area contributed by atoms with Crippen molar-refractivity contribution in [3.8, 4) is 17.2 Å². The van der Waals surface area contributed by atoms with Gasteiger partial charge in [-0.05, 0) is 40.3 Å². The highest BCUT2D eigenvalue weighted by Crippen LogP contribution is 2.31. The van der Waals surface area contributed by atoms with Gasteiger partial charge in [0.15, 0.2) is 11.5 Å². The molecule has 0 atom stereocenters. The van der Waals surface area contributed by atoms with E-state index >= 15 is 0 Å². The molecule has 0 spiro atoms. The third-order valence-electron chi connectivity index (χ3n) is 5.80. The maximum absolute atomic E-state index is 11.6. The normalized spacial score (nSPS) is 17.3. The molecule has 0 radical (unpaired) electrons. The lowest BCUT2D eigenvalue weighted by atomic mass is 10.0. The van der Waals surface area contributed by atoms with Crippen LogP contribution in [0.25, 0.3) is 5.69 Å². The summed E-state index contributed by atoms with van der Waals surface area (Å²) in [6, 6.07) is 15.0. The van der Waals surface area contributed by atoms with Crippen molar-refractivity contribution in [3.63, 3.8) is 0 Å². The second kappa shape index (κ2) is 8.94. The van der Waals surface area contributed by atoms with E-state index in [1.165, 1.54) is 5.56 Å². The Hall–Kier alpha value is -3.86. The Morgan fingerprint density at radius 3 is 2.55 bits per heavy atom. The van der Waals surface area contributed by atoms with Crippen LogP contribution in [0.1, 0.15) is 18.4 Å². The Kier molecular flexibility index (Phi) is 5.69. The van der Waals surface area contributed by atoms with Crippen LogP contribution in [0.4, 0.5) is 5.82 Å². The Balaban J connectivity index is 1.38. The first-order valence-corrected chi connectivity index (χ1v) is 10.8. The highest BCUT2D eigenvalue weighted by atomic mass is 16.6. The van der Waals surface area contributed by atoms with Gasteiger partial charge in [0.05, 0.1) is 11.1 Å². The number of aromatic nitrogens is 3. The van der Waals surface area contributed by atoms with E-state index in [1.807, 2.05) is 18.2 Å². The van der Waals surface area contributed by atoms with Crippen LogP contribution in [-0.2, 0) is 6.54 Å². The summed E-state index contributed by atoms with van der Waals surface area (Å²) in [6.07, 6.45) is 1.47. The number of piperidine rings is 1. The maximum atomic E-state index is 11.6. The molecular formula is C22H24N6O5. The number of nitrogens with zero attached hydrogens (tertiary/aromatic N) is 6. The molecule has 1 aromatic heterocycles. The van der Waals surface area contributed by atoms with E-state index in [0.29, 0.717) is 35.2 Å². The van der Waals surface area contributed by atoms with Gasteiger partial charge in [-0.15, -0.1) is 0 Å². The molecule has 2 aliphatic heterocycles. The molecule has 0 aliphatic carbocycles. The first-order valence-electron chi connectivity index (χ1n) is 10.8. The molecule has 1 N–H and O–H groups in total. The minimum Gasteiger partial charge on any atom is -0.486 e. The van der Waals surface area contributed by atoms with Gasteiger partial charge in [-0.2, -0.15) is 0 Å². The molecule has 3 heterocycles. The summed E-state index contributed by atoms with van der Waals surface area (Å²) in [5.74, 6) is 0.559. The highest BCUT2D eigenvalue weighted by Gasteiger charge is 2.27. The van der Waals surface area contributed by atoms with Crippen LogP contribution in [0.5, 0.6) is 11.5 Å². The van der Waals surface area contributed by atoms with Crippen LogP contribution in [0.2, 0.25) is 0 Å². The number of fused-ring (bicyclic) bond motifs is 1. The monoisotopic (exact) mass is 452 g/mol. The molecule has 172 valence electrons. The number of rotatable bonds is 5. The van der Waals surface area contributed by atoms with Crippen molar-refractivity contribution in [2.24, 2.45) is 4.99 Å². The summed E-state index contributed by atoms with van der Waals surface area (Å²) in [6.45, 7) is 3.35. The SMILES string of the molecule is O=[N+]([O-])c1nn(-c2ccc3c(c2)OCCO3)n(O)c1=NC1CCN(Cc2ccccc2)CC1. The summed E-state index contributed by atoms with van der Waals surface area (Å²) < 4.78 is 11.1. The zero-order valence-corrected chi connectivity index (χ0v) is 17.9. The fourth-order valence-corrected chi connectivity index (χ4v) is 4.13. The number of benzene rings is 2. The molecule has 11 heteroatoms. The molecule has 5 rings (SSSR count). The first-order chi connectivity index (χ1) is 16.1. The van der Waals surface area contributed by atoms with Crippen molar-refractivity contribution in [1.29, 1.82) is 0 Å². The third-order valence-corrected chi connectivity index (χ3v) is 5.80. The summed E-state index contributed by atoms with van der Waals surface area (Å²) in [5, 5.41) is 26.4. The number of likely N-dealkylation sites (tertiary alicyclic amines) is 1. The van der Waals surface area contributed by atoms with E-state index in [9.17, 15) is 15.3 Å². The number of nitro groups is 1. The number of ether oxygens (including phenoxy) is 2. The fraction of sp³-hybridized carbons (Fsp3) is 0.364. The van der Waals surface area contributed by atoms with Gasteiger partial charge in [-0.1, -0.05) is 35.2 Å². The number of hydrogen-bond acceptors (Lipinski definition) is 8. The van der Waals surface area contributed by atoms with E-state index < -0.39 is 10.7 Å². The molecule has 0 saturated carbocycles. The average molecular weight is 452 g/mol. The molecule has 0 amide bonds. The minimum atomic E-state index is -0.634. The minimum absolute atomic E-state index is 0.146. The Bertz CT molecular complexity index is 1210. The summed E-state index contributed by atoms with van der Waals surface area (Å²) in [5.41, 5.74) is 1.47. The molecule has 2 aromatic carbocycles. The van der Waals surface area contributed by atoms with E-state index in [2.05, 4.69) is 27.1 Å². The first kappa shape index (κ1) is 21.0. The maximum Gasteiger partial charge on any atom is 0.438 e. The second-order valence-corrected chi connectivity index (χ2v) is 8.03. The van der Waals surface area contributed by atoms with E-state index in [4.69, 9.17) is 9.47 Å². The smallest absolute Gasteiger partial charge is 0.438 e. The van der Waals surface area contributed by atoms with Gasteiger partial charge in [-0.25, -0.2) is 0 Å². The van der Waals surface area contributed by atoms with Crippen molar-refractivity contribution in [1.82, 2.24) is 19.6 Å². The fourth-order valence-electron chi connectivity index (χ4n) is 4.13.